The molecule has 3 N–H and O–H groups in total. The van der Waals surface area contributed by atoms with Crippen LogP contribution >= 0.6 is 11.3 Å². The van der Waals surface area contributed by atoms with Gasteiger partial charge in [-0.15, -0.1) is 11.3 Å². The highest BCUT2D eigenvalue weighted by Gasteiger charge is 2.13. The molecule has 3 aromatic rings. The molecule has 134 valence electrons. The van der Waals surface area contributed by atoms with Gasteiger partial charge in [0, 0.05) is 10.9 Å². The van der Waals surface area contributed by atoms with Gasteiger partial charge in [-0.05, 0) is 48.0 Å². The third-order valence-corrected chi connectivity index (χ3v) is 4.30. The fourth-order valence-corrected chi connectivity index (χ4v) is 2.91. The minimum Gasteiger partial charge on any atom is -0.504 e. The number of benzene rings is 2. The summed E-state index contributed by atoms with van der Waals surface area (Å²) in [5.74, 6) is -1.67. The highest BCUT2D eigenvalue weighted by molar-refractivity contribution is 7.14. The molecule has 0 atom stereocenters. The third-order valence-electron chi connectivity index (χ3n) is 3.54. The van der Waals surface area contributed by atoms with E-state index in [0.717, 1.165) is 0 Å². The molecule has 0 radical (unpaired) electrons. The molecule has 0 saturated heterocycles. The SMILES string of the molecule is N#C/C(=C\c1ccc(O)c(O)c1)C(=O)Nc1nc(-c2ccc(F)cc2)cs1. The molecule has 3 rings (SSSR count). The highest BCUT2D eigenvalue weighted by atomic mass is 32.1. The van der Waals surface area contributed by atoms with Gasteiger partial charge in [0.25, 0.3) is 5.91 Å². The predicted molar refractivity (Wildman–Crippen MR) is 99.5 cm³/mol. The molecule has 1 amide bonds. The van der Waals surface area contributed by atoms with Gasteiger partial charge >= 0.3 is 0 Å². The number of phenolic OH excluding ortho intramolecular Hbond substituents is 2. The summed E-state index contributed by atoms with van der Waals surface area (Å²) in [6.45, 7) is 0. The van der Waals surface area contributed by atoms with E-state index in [1.165, 1.54) is 47.7 Å². The Morgan fingerprint density at radius 1 is 1.19 bits per heavy atom. The number of halogens is 1. The van der Waals surface area contributed by atoms with Crippen LogP contribution in [0.1, 0.15) is 5.56 Å². The molecule has 0 unspecified atom stereocenters. The Morgan fingerprint density at radius 2 is 1.93 bits per heavy atom. The van der Waals surface area contributed by atoms with Gasteiger partial charge in [0.2, 0.25) is 0 Å². The number of amides is 1. The molecule has 0 saturated carbocycles. The van der Waals surface area contributed by atoms with Crippen LogP contribution in [-0.4, -0.2) is 21.1 Å². The number of aromatic nitrogens is 1. The zero-order valence-corrected chi connectivity index (χ0v) is 14.5. The van der Waals surface area contributed by atoms with Crippen LogP contribution in [0.3, 0.4) is 0 Å². The van der Waals surface area contributed by atoms with Crippen LogP contribution in [0.15, 0.2) is 53.4 Å². The summed E-state index contributed by atoms with van der Waals surface area (Å²) in [7, 11) is 0. The van der Waals surface area contributed by atoms with E-state index in [1.54, 1.807) is 23.6 Å². The van der Waals surface area contributed by atoms with Crippen molar-refractivity contribution in [3.05, 3.63) is 64.8 Å². The number of nitriles is 1. The number of nitrogens with zero attached hydrogens (tertiary/aromatic N) is 2. The number of rotatable bonds is 4. The average molecular weight is 381 g/mol. The molecular weight excluding hydrogens is 369 g/mol. The van der Waals surface area contributed by atoms with Crippen LogP contribution in [0.2, 0.25) is 0 Å². The Bertz CT molecular complexity index is 1070. The Morgan fingerprint density at radius 3 is 2.59 bits per heavy atom. The van der Waals surface area contributed by atoms with E-state index in [-0.39, 0.29) is 28.0 Å². The molecule has 8 heteroatoms. The second kappa shape index (κ2) is 7.68. The Labute approximate surface area is 157 Å². The Balaban J connectivity index is 1.77. The van der Waals surface area contributed by atoms with Crippen molar-refractivity contribution in [1.82, 2.24) is 4.98 Å². The standard InChI is InChI=1S/C19H12FN3O3S/c20-14-4-2-12(3-5-14)15-10-27-19(22-15)23-18(26)13(9-21)7-11-1-6-16(24)17(25)8-11/h1-8,10,24-25H,(H,22,23,26)/b13-7+. The van der Waals surface area contributed by atoms with Crippen LogP contribution in [0.25, 0.3) is 17.3 Å². The van der Waals surface area contributed by atoms with Crippen molar-refractivity contribution in [2.75, 3.05) is 5.32 Å². The van der Waals surface area contributed by atoms with E-state index >= 15 is 0 Å². The van der Waals surface area contributed by atoms with Gasteiger partial charge in [-0.1, -0.05) is 6.07 Å². The number of hydrogen-bond donors (Lipinski definition) is 3. The zero-order chi connectivity index (χ0) is 19.4. The van der Waals surface area contributed by atoms with Crippen molar-refractivity contribution in [1.29, 1.82) is 5.26 Å². The van der Waals surface area contributed by atoms with E-state index in [4.69, 9.17) is 0 Å². The lowest BCUT2D eigenvalue weighted by Gasteiger charge is -2.02. The fraction of sp³-hybridized carbons (Fsp3) is 0. The second-order valence-electron chi connectivity index (χ2n) is 5.42. The normalized spacial score (nSPS) is 11.0. The lowest BCUT2D eigenvalue weighted by molar-refractivity contribution is -0.112. The summed E-state index contributed by atoms with van der Waals surface area (Å²) in [5, 5.41) is 32.5. The first-order chi connectivity index (χ1) is 13.0. The van der Waals surface area contributed by atoms with Crippen molar-refractivity contribution in [2.24, 2.45) is 0 Å². The van der Waals surface area contributed by atoms with Gasteiger partial charge in [-0.3, -0.25) is 10.1 Å². The lowest BCUT2D eigenvalue weighted by atomic mass is 10.1. The minimum atomic E-state index is -0.662. The van der Waals surface area contributed by atoms with Gasteiger partial charge in [0.05, 0.1) is 5.69 Å². The maximum atomic E-state index is 13.0. The van der Waals surface area contributed by atoms with Crippen molar-refractivity contribution in [3.63, 3.8) is 0 Å². The van der Waals surface area contributed by atoms with E-state index in [9.17, 15) is 24.7 Å². The van der Waals surface area contributed by atoms with Crippen molar-refractivity contribution < 1.29 is 19.4 Å². The molecule has 27 heavy (non-hydrogen) atoms. The first-order valence-corrected chi connectivity index (χ1v) is 8.51. The number of carbonyl (C=O) groups is 1. The Hall–Kier alpha value is -3.70. The summed E-state index contributed by atoms with van der Waals surface area (Å²) in [4.78, 5) is 16.5. The number of aromatic hydroxyl groups is 2. The monoisotopic (exact) mass is 381 g/mol. The van der Waals surface area contributed by atoms with E-state index < -0.39 is 5.91 Å². The first kappa shape index (κ1) is 18.1. The number of anilines is 1. The van der Waals surface area contributed by atoms with E-state index in [2.05, 4.69) is 10.3 Å². The summed E-state index contributed by atoms with van der Waals surface area (Å²) < 4.78 is 13.0. The number of phenols is 2. The zero-order valence-electron chi connectivity index (χ0n) is 13.7. The molecule has 0 bridgehead atoms. The van der Waals surface area contributed by atoms with Crippen LogP contribution in [-0.2, 0) is 4.79 Å². The summed E-state index contributed by atoms with van der Waals surface area (Å²) in [6.07, 6.45) is 1.28. The fourth-order valence-electron chi connectivity index (χ4n) is 2.19. The first-order valence-electron chi connectivity index (χ1n) is 7.63. The smallest absolute Gasteiger partial charge is 0.268 e. The average Bonchev–Trinajstić information content (AvgIpc) is 3.11. The second-order valence-corrected chi connectivity index (χ2v) is 6.27. The molecule has 0 spiro atoms. The molecular formula is C19H12FN3O3S. The third kappa shape index (κ3) is 4.29. The van der Waals surface area contributed by atoms with Gasteiger partial charge < -0.3 is 10.2 Å². The number of thiazole rings is 1. The number of carbonyl (C=O) groups excluding carboxylic acids is 1. The largest absolute Gasteiger partial charge is 0.504 e. The molecule has 2 aromatic carbocycles. The molecule has 0 aliphatic heterocycles. The summed E-state index contributed by atoms with van der Waals surface area (Å²) in [5.41, 5.74) is 1.45. The van der Waals surface area contributed by atoms with Gasteiger partial charge in [0.15, 0.2) is 16.6 Å². The maximum absolute atomic E-state index is 13.0. The topological polar surface area (TPSA) is 106 Å². The molecule has 6 nitrogen and oxygen atoms in total. The van der Waals surface area contributed by atoms with Gasteiger partial charge in [0.1, 0.15) is 17.5 Å². The molecule has 0 fully saturated rings. The van der Waals surface area contributed by atoms with Crippen LogP contribution in [0.4, 0.5) is 9.52 Å². The summed E-state index contributed by atoms with van der Waals surface area (Å²) in [6, 6.07) is 11.5. The van der Waals surface area contributed by atoms with Crippen molar-refractivity contribution >= 4 is 28.5 Å². The van der Waals surface area contributed by atoms with Crippen LogP contribution < -0.4 is 5.32 Å². The number of nitrogens with one attached hydrogen (secondary N) is 1. The van der Waals surface area contributed by atoms with Gasteiger partial charge in [-0.2, -0.15) is 5.26 Å². The molecule has 0 aliphatic rings. The predicted octanol–water partition coefficient (Wildman–Crippen LogP) is 3.91. The van der Waals surface area contributed by atoms with E-state index in [0.29, 0.717) is 16.8 Å². The lowest BCUT2D eigenvalue weighted by Crippen LogP contribution is -2.13. The van der Waals surface area contributed by atoms with Crippen molar-refractivity contribution in [3.8, 4) is 28.8 Å². The molecule has 1 aromatic heterocycles. The highest BCUT2D eigenvalue weighted by Crippen LogP contribution is 2.27. The van der Waals surface area contributed by atoms with E-state index in [1.807, 2.05) is 0 Å². The Kier molecular flexibility index (Phi) is 5.15. The summed E-state index contributed by atoms with van der Waals surface area (Å²) >= 11 is 1.17. The molecule has 0 aliphatic carbocycles. The van der Waals surface area contributed by atoms with Gasteiger partial charge in [-0.25, -0.2) is 9.37 Å². The van der Waals surface area contributed by atoms with Crippen LogP contribution in [0, 0.1) is 17.1 Å². The quantitative estimate of drug-likeness (QED) is 0.361. The minimum absolute atomic E-state index is 0.196. The number of hydrogen-bond acceptors (Lipinski definition) is 6. The maximum Gasteiger partial charge on any atom is 0.268 e. The van der Waals surface area contributed by atoms with Crippen LogP contribution in [0.5, 0.6) is 11.5 Å². The molecule has 1 heterocycles. The van der Waals surface area contributed by atoms with Crippen molar-refractivity contribution in [2.45, 2.75) is 0 Å².